The van der Waals surface area contributed by atoms with Gasteiger partial charge >= 0.3 is 0 Å². The van der Waals surface area contributed by atoms with Crippen molar-refractivity contribution in [2.75, 3.05) is 18.2 Å². The number of hydrogen-bond donors (Lipinski definition) is 1. The fourth-order valence-electron chi connectivity index (χ4n) is 2.65. The second-order valence-electron chi connectivity index (χ2n) is 6.26. The first kappa shape index (κ1) is 20.4. The Labute approximate surface area is 174 Å². The van der Waals surface area contributed by atoms with Crippen molar-refractivity contribution < 1.29 is 9.53 Å². The van der Waals surface area contributed by atoms with Crippen LogP contribution in [0.25, 0.3) is 11.3 Å². The molecule has 0 fully saturated rings. The van der Waals surface area contributed by atoms with Crippen molar-refractivity contribution in [2.45, 2.75) is 31.1 Å². The van der Waals surface area contributed by atoms with Crippen LogP contribution < -0.4 is 10.1 Å². The monoisotopic (exact) mass is 412 g/mol. The fourth-order valence-corrected chi connectivity index (χ4v) is 4.24. The Morgan fingerprint density at radius 3 is 2.57 bits per heavy atom. The highest BCUT2D eigenvalue weighted by atomic mass is 32.2. The molecular formula is C22H24N2O2S2. The van der Waals surface area contributed by atoms with E-state index >= 15 is 0 Å². The number of carbonyl (C=O) groups is 1. The minimum Gasteiger partial charge on any atom is -0.497 e. The van der Waals surface area contributed by atoms with Gasteiger partial charge in [0.15, 0.2) is 5.13 Å². The summed E-state index contributed by atoms with van der Waals surface area (Å²) in [6.45, 7) is 2.14. The average Bonchev–Trinajstić information content (AvgIpc) is 3.20. The molecule has 2 aromatic carbocycles. The van der Waals surface area contributed by atoms with Gasteiger partial charge in [-0.25, -0.2) is 4.98 Å². The Bertz CT molecular complexity index is 890. The first-order chi connectivity index (χ1) is 13.7. The van der Waals surface area contributed by atoms with Crippen molar-refractivity contribution in [1.29, 1.82) is 0 Å². The number of anilines is 1. The third kappa shape index (κ3) is 5.84. The first-order valence-electron chi connectivity index (χ1n) is 9.29. The Morgan fingerprint density at radius 2 is 1.89 bits per heavy atom. The van der Waals surface area contributed by atoms with Crippen molar-refractivity contribution >= 4 is 34.1 Å². The van der Waals surface area contributed by atoms with E-state index in [9.17, 15) is 4.79 Å². The van der Waals surface area contributed by atoms with Gasteiger partial charge in [-0.15, -0.1) is 23.1 Å². The number of hydrogen-bond acceptors (Lipinski definition) is 5. The quantitative estimate of drug-likeness (QED) is 0.351. The van der Waals surface area contributed by atoms with Gasteiger partial charge in [-0.3, -0.25) is 4.79 Å². The van der Waals surface area contributed by atoms with Crippen LogP contribution in [0.1, 0.15) is 25.3 Å². The van der Waals surface area contributed by atoms with E-state index in [1.165, 1.54) is 21.8 Å². The zero-order valence-corrected chi connectivity index (χ0v) is 17.7. The number of benzene rings is 2. The number of amides is 1. The van der Waals surface area contributed by atoms with E-state index in [4.69, 9.17) is 4.74 Å². The number of aryl methyl sites for hydroxylation is 1. The summed E-state index contributed by atoms with van der Waals surface area (Å²) in [4.78, 5) is 17.9. The molecule has 1 heterocycles. The Kier molecular flexibility index (Phi) is 7.51. The standard InChI is InChI=1S/C22H24N2O2S2/c1-3-16-6-8-17(9-7-16)20-15-28-22(23-20)24-21(25)5-4-14-27-19-12-10-18(26-2)11-13-19/h6-13,15H,3-5,14H2,1-2H3,(H,23,24,25). The van der Waals surface area contributed by atoms with E-state index in [-0.39, 0.29) is 5.91 Å². The summed E-state index contributed by atoms with van der Waals surface area (Å²) in [6.07, 6.45) is 2.33. The van der Waals surface area contributed by atoms with Crippen molar-refractivity contribution in [3.05, 3.63) is 59.5 Å². The van der Waals surface area contributed by atoms with Crippen LogP contribution in [-0.2, 0) is 11.2 Å². The third-order valence-corrected chi connectivity index (χ3v) is 6.14. The van der Waals surface area contributed by atoms with Crippen LogP contribution in [0.4, 0.5) is 5.13 Å². The van der Waals surface area contributed by atoms with Crippen LogP contribution in [0.5, 0.6) is 5.75 Å². The summed E-state index contributed by atoms with van der Waals surface area (Å²) >= 11 is 3.21. The van der Waals surface area contributed by atoms with Gasteiger partial charge in [-0.1, -0.05) is 31.2 Å². The maximum atomic E-state index is 12.2. The summed E-state index contributed by atoms with van der Waals surface area (Å²) in [5, 5.41) is 5.55. The van der Waals surface area contributed by atoms with E-state index < -0.39 is 0 Å². The smallest absolute Gasteiger partial charge is 0.226 e. The maximum Gasteiger partial charge on any atom is 0.226 e. The number of methoxy groups -OCH3 is 1. The highest BCUT2D eigenvalue weighted by Crippen LogP contribution is 2.26. The van der Waals surface area contributed by atoms with Gasteiger partial charge in [0.05, 0.1) is 12.8 Å². The number of aromatic nitrogens is 1. The molecule has 146 valence electrons. The van der Waals surface area contributed by atoms with E-state index in [0.29, 0.717) is 11.6 Å². The number of nitrogens with one attached hydrogen (secondary N) is 1. The van der Waals surface area contributed by atoms with E-state index in [1.54, 1.807) is 18.9 Å². The molecule has 0 bridgehead atoms. The van der Waals surface area contributed by atoms with Crippen LogP contribution in [0.3, 0.4) is 0 Å². The Balaban J connectivity index is 1.42. The maximum absolute atomic E-state index is 12.2. The van der Waals surface area contributed by atoms with Crippen LogP contribution in [0.2, 0.25) is 0 Å². The second-order valence-corrected chi connectivity index (χ2v) is 8.29. The summed E-state index contributed by atoms with van der Waals surface area (Å²) in [5.41, 5.74) is 3.28. The molecule has 0 aliphatic rings. The highest BCUT2D eigenvalue weighted by Gasteiger charge is 2.08. The number of ether oxygens (including phenoxy) is 1. The zero-order chi connectivity index (χ0) is 19.8. The zero-order valence-electron chi connectivity index (χ0n) is 16.1. The van der Waals surface area contributed by atoms with Gasteiger partial charge in [0, 0.05) is 22.3 Å². The van der Waals surface area contributed by atoms with Crippen molar-refractivity contribution in [2.24, 2.45) is 0 Å². The molecule has 0 radical (unpaired) electrons. The SMILES string of the molecule is CCc1ccc(-c2csc(NC(=O)CCCSc3ccc(OC)cc3)n2)cc1. The van der Waals surface area contributed by atoms with Crippen molar-refractivity contribution in [1.82, 2.24) is 4.98 Å². The molecule has 0 atom stereocenters. The molecule has 0 aliphatic carbocycles. The summed E-state index contributed by atoms with van der Waals surface area (Å²) < 4.78 is 5.16. The number of thiazole rings is 1. The van der Waals surface area contributed by atoms with Gasteiger partial charge in [0.25, 0.3) is 0 Å². The number of nitrogens with zero attached hydrogens (tertiary/aromatic N) is 1. The predicted molar refractivity (Wildman–Crippen MR) is 119 cm³/mol. The molecule has 1 amide bonds. The van der Waals surface area contributed by atoms with Crippen LogP contribution in [-0.4, -0.2) is 23.8 Å². The van der Waals surface area contributed by atoms with Crippen molar-refractivity contribution in [3.8, 4) is 17.0 Å². The summed E-state index contributed by atoms with van der Waals surface area (Å²) in [5.74, 6) is 1.76. The molecule has 28 heavy (non-hydrogen) atoms. The van der Waals surface area contributed by atoms with E-state index in [2.05, 4.69) is 41.5 Å². The minimum atomic E-state index is 0.0116. The van der Waals surface area contributed by atoms with Crippen LogP contribution >= 0.6 is 23.1 Å². The minimum absolute atomic E-state index is 0.0116. The number of thioether (sulfide) groups is 1. The van der Waals surface area contributed by atoms with Gasteiger partial charge in [-0.05, 0) is 48.4 Å². The average molecular weight is 413 g/mol. The fraction of sp³-hybridized carbons (Fsp3) is 0.273. The lowest BCUT2D eigenvalue weighted by atomic mass is 10.1. The molecule has 0 unspecified atom stereocenters. The van der Waals surface area contributed by atoms with Gasteiger partial charge in [0.1, 0.15) is 5.75 Å². The first-order valence-corrected chi connectivity index (χ1v) is 11.2. The number of carbonyl (C=O) groups excluding carboxylic acids is 1. The lowest BCUT2D eigenvalue weighted by Crippen LogP contribution is -2.11. The third-order valence-electron chi connectivity index (χ3n) is 4.28. The predicted octanol–water partition coefficient (Wildman–Crippen LogP) is 5.89. The van der Waals surface area contributed by atoms with Crippen molar-refractivity contribution in [3.63, 3.8) is 0 Å². The largest absolute Gasteiger partial charge is 0.497 e. The lowest BCUT2D eigenvalue weighted by molar-refractivity contribution is -0.116. The van der Waals surface area contributed by atoms with Crippen LogP contribution in [0, 0.1) is 0 Å². The summed E-state index contributed by atoms with van der Waals surface area (Å²) in [7, 11) is 1.66. The summed E-state index contributed by atoms with van der Waals surface area (Å²) in [6, 6.07) is 16.4. The molecule has 3 rings (SSSR count). The number of rotatable bonds is 9. The molecule has 0 aliphatic heterocycles. The Morgan fingerprint density at radius 1 is 1.14 bits per heavy atom. The van der Waals surface area contributed by atoms with Gasteiger partial charge < -0.3 is 10.1 Å². The highest BCUT2D eigenvalue weighted by molar-refractivity contribution is 7.99. The normalized spacial score (nSPS) is 10.6. The molecule has 0 saturated heterocycles. The molecule has 3 aromatic rings. The Hall–Kier alpha value is -2.31. The molecule has 1 aromatic heterocycles. The van der Waals surface area contributed by atoms with Gasteiger partial charge in [-0.2, -0.15) is 0 Å². The topological polar surface area (TPSA) is 51.2 Å². The molecule has 4 nitrogen and oxygen atoms in total. The molecular weight excluding hydrogens is 388 g/mol. The molecule has 1 N–H and O–H groups in total. The second kappa shape index (κ2) is 10.3. The molecule has 0 saturated carbocycles. The van der Waals surface area contributed by atoms with Crippen LogP contribution in [0.15, 0.2) is 58.8 Å². The lowest BCUT2D eigenvalue weighted by Gasteiger charge is -2.04. The van der Waals surface area contributed by atoms with Gasteiger partial charge in [0.2, 0.25) is 5.91 Å². The molecule has 0 spiro atoms. The van der Waals surface area contributed by atoms with E-state index in [1.807, 2.05) is 29.6 Å². The van der Waals surface area contributed by atoms with E-state index in [0.717, 1.165) is 35.6 Å². The molecule has 6 heteroatoms.